The molecule has 0 saturated heterocycles. The molecular formula is C18H17IN2O4. The van der Waals surface area contributed by atoms with Crippen LogP contribution in [0.15, 0.2) is 48.5 Å². The van der Waals surface area contributed by atoms with Crippen LogP contribution in [0.25, 0.3) is 0 Å². The van der Waals surface area contributed by atoms with E-state index in [-0.39, 0.29) is 17.9 Å². The van der Waals surface area contributed by atoms with Crippen LogP contribution >= 0.6 is 22.6 Å². The summed E-state index contributed by atoms with van der Waals surface area (Å²) in [7, 11) is 0. The number of carbonyl (C=O) groups is 3. The summed E-state index contributed by atoms with van der Waals surface area (Å²) in [6.07, 6.45) is 0.167. The smallest absolute Gasteiger partial charge is 0.326 e. The van der Waals surface area contributed by atoms with Crippen LogP contribution in [0.1, 0.15) is 22.8 Å². The van der Waals surface area contributed by atoms with Gasteiger partial charge in [0.2, 0.25) is 5.91 Å². The summed E-state index contributed by atoms with van der Waals surface area (Å²) >= 11 is 2.14. The first kappa shape index (κ1) is 18.9. The van der Waals surface area contributed by atoms with Crippen molar-refractivity contribution in [1.82, 2.24) is 5.32 Å². The van der Waals surface area contributed by atoms with Crippen LogP contribution < -0.4 is 10.6 Å². The van der Waals surface area contributed by atoms with E-state index in [1.165, 1.54) is 13.0 Å². The molecule has 0 heterocycles. The van der Waals surface area contributed by atoms with Gasteiger partial charge in [0.15, 0.2) is 0 Å². The molecule has 7 heteroatoms. The highest BCUT2D eigenvalue weighted by Crippen LogP contribution is 2.16. The van der Waals surface area contributed by atoms with Crippen LogP contribution in [-0.2, 0) is 16.0 Å². The molecule has 25 heavy (non-hydrogen) atoms. The maximum Gasteiger partial charge on any atom is 0.326 e. The summed E-state index contributed by atoms with van der Waals surface area (Å²) in [5.74, 6) is -1.99. The fourth-order valence-electron chi connectivity index (χ4n) is 2.32. The van der Waals surface area contributed by atoms with Gasteiger partial charge in [-0.15, -0.1) is 0 Å². The SMILES string of the molecule is CC(=O)Nc1ccccc1C(=O)N[C@@H](Cc1cccc(I)c1)C(=O)O. The van der Waals surface area contributed by atoms with E-state index in [2.05, 4.69) is 33.2 Å². The van der Waals surface area contributed by atoms with Crippen molar-refractivity contribution in [3.63, 3.8) is 0 Å². The molecule has 1 atom stereocenters. The average molecular weight is 452 g/mol. The highest BCUT2D eigenvalue weighted by molar-refractivity contribution is 14.1. The Hall–Kier alpha value is -2.42. The third kappa shape index (κ3) is 5.56. The maximum absolute atomic E-state index is 12.5. The van der Waals surface area contributed by atoms with Crippen LogP contribution in [-0.4, -0.2) is 28.9 Å². The van der Waals surface area contributed by atoms with Crippen molar-refractivity contribution in [2.75, 3.05) is 5.32 Å². The molecule has 0 aliphatic rings. The summed E-state index contributed by atoms with van der Waals surface area (Å²) in [6, 6.07) is 12.8. The fourth-order valence-corrected chi connectivity index (χ4v) is 2.92. The van der Waals surface area contributed by atoms with Gasteiger partial charge in [-0.3, -0.25) is 9.59 Å². The second-order valence-electron chi connectivity index (χ2n) is 5.43. The van der Waals surface area contributed by atoms with Gasteiger partial charge in [-0.05, 0) is 52.4 Å². The number of benzene rings is 2. The number of carboxylic acids is 1. The number of halogens is 1. The average Bonchev–Trinajstić information content (AvgIpc) is 2.54. The molecule has 0 aromatic heterocycles. The summed E-state index contributed by atoms with van der Waals surface area (Å²) in [4.78, 5) is 35.3. The van der Waals surface area contributed by atoms with Crippen LogP contribution in [0, 0.1) is 3.57 Å². The first-order valence-electron chi connectivity index (χ1n) is 7.51. The first-order valence-corrected chi connectivity index (χ1v) is 8.59. The molecule has 2 aromatic rings. The molecule has 0 saturated carbocycles. The van der Waals surface area contributed by atoms with Crippen LogP contribution in [0.5, 0.6) is 0 Å². The summed E-state index contributed by atoms with van der Waals surface area (Å²) < 4.78 is 0.988. The molecule has 2 rings (SSSR count). The Balaban J connectivity index is 2.18. The van der Waals surface area contributed by atoms with E-state index in [9.17, 15) is 19.5 Å². The Morgan fingerprint density at radius 1 is 1.12 bits per heavy atom. The lowest BCUT2D eigenvalue weighted by Gasteiger charge is -2.16. The number of hydrogen-bond acceptors (Lipinski definition) is 3. The van der Waals surface area contributed by atoms with E-state index in [1.54, 1.807) is 18.2 Å². The zero-order valence-electron chi connectivity index (χ0n) is 13.5. The van der Waals surface area contributed by atoms with Gasteiger partial charge in [0.1, 0.15) is 6.04 Å². The molecule has 0 aliphatic carbocycles. The largest absolute Gasteiger partial charge is 0.480 e. The van der Waals surface area contributed by atoms with Crippen molar-refractivity contribution < 1.29 is 19.5 Å². The lowest BCUT2D eigenvalue weighted by Crippen LogP contribution is -2.42. The molecule has 0 fully saturated rings. The Morgan fingerprint density at radius 3 is 2.48 bits per heavy atom. The zero-order chi connectivity index (χ0) is 18.4. The molecule has 2 amide bonds. The lowest BCUT2D eigenvalue weighted by atomic mass is 10.1. The van der Waals surface area contributed by atoms with Gasteiger partial charge in [0.05, 0.1) is 11.3 Å². The van der Waals surface area contributed by atoms with E-state index < -0.39 is 17.9 Å². The van der Waals surface area contributed by atoms with Crippen LogP contribution in [0.3, 0.4) is 0 Å². The standard InChI is InChI=1S/C18H17IN2O4/c1-11(22)20-15-8-3-2-7-14(15)17(23)21-16(18(24)25)10-12-5-4-6-13(19)9-12/h2-9,16H,10H2,1H3,(H,20,22)(H,21,23)(H,24,25)/t16-/m0/s1. The van der Waals surface area contributed by atoms with Crippen molar-refractivity contribution in [3.05, 3.63) is 63.2 Å². The Kier molecular flexibility index (Phi) is 6.51. The Morgan fingerprint density at radius 2 is 1.84 bits per heavy atom. The minimum atomic E-state index is -1.12. The third-order valence-corrected chi connectivity index (χ3v) is 4.09. The minimum absolute atomic E-state index is 0.167. The molecule has 0 bridgehead atoms. The van der Waals surface area contributed by atoms with Gasteiger partial charge in [-0.25, -0.2) is 4.79 Å². The number of nitrogens with one attached hydrogen (secondary N) is 2. The second-order valence-corrected chi connectivity index (χ2v) is 6.67. The van der Waals surface area contributed by atoms with E-state index in [1.807, 2.05) is 24.3 Å². The van der Waals surface area contributed by atoms with Gasteiger partial charge >= 0.3 is 5.97 Å². The van der Waals surface area contributed by atoms with E-state index in [0.29, 0.717) is 5.69 Å². The summed E-state index contributed by atoms with van der Waals surface area (Å²) in [5, 5.41) is 14.5. The molecule has 0 spiro atoms. The van der Waals surface area contributed by atoms with E-state index in [0.717, 1.165) is 9.13 Å². The van der Waals surface area contributed by atoms with E-state index in [4.69, 9.17) is 0 Å². The Labute approximate surface area is 158 Å². The molecule has 2 aromatic carbocycles. The molecule has 0 unspecified atom stereocenters. The Bertz CT molecular complexity index is 807. The van der Waals surface area contributed by atoms with Gasteiger partial charge in [0.25, 0.3) is 5.91 Å². The molecule has 0 radical (unpaired) electrons. The predicted octanol–water partition coefficient (Wildman–Crippen LogP) is 2.68. The topological polar surface area (TPSA) is 95.5 Å². The number of para-hydroxylation sites is 1. The van der Waals surface area contributed by atoms with E-state index >= 15 is 0 Å². The molecule has 3 N–H and O–H groups in total. The molecule has 0 aliphatic heterocycles. The summed E-state index contributed by atoms with van der Waals surface area (Å²) in [5.41, 5.74) is 1.37. The second kappa shape index (κ2) is 8.61. The normalized spacial score (nSPS) is 11.4. The van der Waals surface area contributed by atoms with Crippen molar-refractivity contribution in [2.24, 2.45) is 0 Å². The quantitative estimate of drug-likeness (QED) is 0.588. The third-order valence-electron chi connectivity index (χ3n) is 3.41. The summed E-state index contributed by atoms with van der Waals surface area (Å²) in [6.45, 7) is 1.34. The highest BCUT2D eigenvalue weighted by Gasteiger charge is 2.22. The van der Waals surface area contributed by atoms with Crippen molar-refractivity contribution in [2.45, 2.75) is 19.4 Å². The highest BCUT2D eigenvalue weighted by atomic mass is 127. The number of anilines is 1. The van der Waals surface area contributed by atoms with Gasteiger partial charge < -0.3 is 15.7 Å². The minimum Gasteiger partial charge on any atom is -0.480 e. The van der Waals surface area contributed by atoms with Crippen molar-refractivity contribution in [3.8, 4) is 0 Å². The monoisotopic (exact) mass is 452 g/mol. The predicted molar refractivity (Wildman–Crippen MR) is 102 cm³/mol. The number of carboxylic acid groups (broad SMARTS) is 1. The number of amides is 2. The molecular weight excluding hydrogens is 435 g/mol. The van der Waals surface area contributed by atoms with Gasteiger partial charge in [0, 0.05) is 16.9 Å². The van der Waals surface area contributed by atoms with Gasteiger partial charge in [-0.1, -0.05) is 24.3 Å². The maximum atomic E-state index is 12.5. The van der Waals surface area contributed by atoms with Crippen LogP contribution in [0.2, 0.25) is 0 Å². The number of rotatable bonds is 6. The number of hydrogen-bond donors (Lipinski definition) is 3. The van der Waals surface area contributed by atoms with Crippen molar-refractivity contribution >= 4 is 46.1 Å². The van der Waals surface area contributed by atoms with Gasteiger partial charge in [-0.2, -0.15) is 0 Å². The molecule has 6 nitrogen and oxygen atoms in total. The lowest BCUT2D eigenvalue weighted by molar-refractivity contribution is -0.139. The first-order chi connectivity index (χ1) is 11.9. The number of aliphatic carboxylic acids is 1. The zero-order valence-corrected chi connectivity index (χ0v) is 15.6. The van der Waals surface area contributed by atoms with Crippen LogP contribution in [0.4, 0.5) is 5.69 Å². The molecule has 130 valence electrons. The fraction of sp³-hybridized carbons (Fsp3) is 0.167. The number of carbonyl (C=O) groups excluding carboxylic acids is 2. The van der Waals surface area contributed by atoms with Crippen molar-refractivity contribution in [1.29, 1.82) is 0 Å².